The molecule has 3 rings (SSSR count). The second-order valence-electron chi connectivity index (χ2n) is 5.84. The predicted molar refractivity (Wildman–Crippen MR) is 55.0 cm³/mol. The normalized spacial score (nSPS) is 53.1. The lowest BCUT2D eigenvalue weighted by atomic mass is 9.79. The van der Waals surface area contributed by atoms with Crippen LogP contribution in [0.5, 0.6) is 0 Å². The number of halogens is 2. The first-order chi connectivity index (χ1) is 7.65. The van der Waals surface area contributed by atoms with Gasteiger partial charge in [0.25, 0.3) is 5.92 Å². The van der Waals surface area contributed by atoms with Crippen LogP contribution in [0.2, 0.25) is 0 Å². The van der Waals surface area contributed by atoms with Gasteiger partial charge in [0.15, 0.2) is 0 Å². The van der Waals surface area contributed by atoms with Crippen molar-refractivity contribution >= 4 is 0 Å². The molecule has 0 amide bonds. The molecule has 0 radical (unpaired) electrons. The molecule has 1 nitrogen and oxygen atoms in total. The molecular weight excluding hydrogens is 196 g/mol. The maximum Gasteiger partial charge on any atom is 0.255 e. The predicted octanol–water partition coefficient (Wildman–Crippen LogP) is 2.91. The fraction of sp³-hybridized carbons (Fsp3) is 1.00. The number of hydrogen-bond donors (Lipinski definition) is 0. The first-order valence-electron chi connectivity index (χ1n) is 6.81. The van der Waals surface area contributed by atoms with Gasteiger partial charge in [-0.05, 0) is 31.7 Å². The molecule has 86 valence electrons. The van der Waals surface area contributed by atoms with Crippen LogP contribution in [0.1, 0.15) is 42.3 Å². The van der Waals surface area contributed by atoms with Crippen LogP contribution in [-0.2, 0) is 0 Å². The van der Waals surface area contributed by atoms with Crippen molar-refractivity contribution in [2.24, 2.45) is 11.3 Å². The third-order valence-corrected chi connectivity index (χ3v) is 4.79. The van der Waals surface area contributed by atoms with Crippen molar-refractivity contribution in [1.82, 2.24) is 4.90 Å². The zero-order valence-corrected chi connectivity index (χ0v) is 9.32. The van der Waals surface area contributed by atoms with Gasteiger partial charge in [0.05, 0.1) is 5.41 Å². The summed E-state index contributed by atoms with van der Waals surface area (Å²) in [6, 6.07) is 0. The highest BCUT2D eigenvalue weighted by Crippen LogP contribution is 2.70. The summed E-state index contributed by atoms with van der Waals surface area (Å²) in [5.74, 6) is -2.33. The van der Waals surface area contributed by atoms with Crippen molar-refractivity contribution in [2.75, 3.05) is 13.0 Å². The van der Waals surface area contributed by atoms with Gasteiger partial charge in [-0.2, -0.15) is 0 Å². The van der Waals surface area contributed by atoms with Crippen LogP contribution in [-0.4, -0.2) is 29.4 Å². The van der Waals surface area contributed by atoms with Crippen molar-refractivity contribution in [3.8, 4) is 0 Å². The monoisotopic (exact) mass is 217 g/mol. The lowest BCUT2D eigenvalue weighted by Crippen LogP contribution is -2.42. The Bertz CT molecular complexity index is 372. The summed E-state index contributed by atoms with van der Waals surface area (Å²) < 4.78 is 43.1. The summed E-state index contributed by atoms with van der Waals surface area (Å²) in [7, 11) is 0. The second-order valence-corrected chi connectivity index (χ2v) is 5.84. The lowest BCUT2D eigenvalue weighted by Gasteiger charge is -2.36. The summed E-state index contributed by atoms with van der Waals surface area (Å²) >= 11 is 0. The topological polar surface area (TPSA) is 3.24 Å². The first kappa shape index (κ1) is 7.99. The first-order valence-corrected chi connectivity index (χ1v) is 5.81. The number of hydrogen-bond acceptors (Lipinski definition) is 1. The Hall–Kier alpha value is -0.180. The maximum atomic E-state index is 13.5. The fourth-order valence-electron chi connectivity index (χ4n) is 3.59. The van der Waals surface area contributed by atoms with Crippen LogP contribution in [0.15, 0.2) is 0 Å². The molecule has 0 aromatic heterocycles. The molecule has 3 fully saturated rings. The van der Waals surface area contributed by atoms with Crippen molar-refractivity contribution in [3.05, 3.63) is 0 Å². The quantitative estimate of drug-likeness (QED) is 0.652. The molecule has 2 atom stereocenters. The van der Waals surface area contributed by atoms with Crippen molar-refractivity contribution in [2.45, 2.75) is 51.0 Å². The molecule has 3 heteroatoms. The minimum Gasteiger partial charge on any atom is -0.297 e. The Morgan fingerprint density at radius 1 is 1.33 bits per heavy atom. The van der Waals surface area contributed by atoms with E-state index in [2.05, 4.69) is 0 Å². The average molecular weight is 217 g/mol. The van der Waals surface area contributed by atoms with E-state index in [1.165, 1.54) is 0 Å². The van der Waals surface area contributed by atoms with Gasteiger partial charge in [0.1, 0.15) is 0 Å². The third kappa shape index (κ3) is 1.05. The number of alkyl halides is 2. The van der Waals surface area contributed by atoms with Crippen LogP contribution in [0.4, 0.5) is 8.78 Å². The van der Waals surface area contributed by atoms with E-state index in [0.29, 0.717) is 12.8 Å². The van der Waals surface area contributed by atoms with Crippen molar-refractivity contribution < 1.29 is 11.5 Å². The largest absolute Gasteiger partial charge is 0.297 e. The molecule has 2 saturated heterocycles. The highest BCUT2D eigenvalue weighted by atomic mass is 19.3. The Labute approximate surface area is 92.6 Å². The molecule has 0 N–H and O–H groups in total. The summed E-state index contributed by atoms with van der Waals surface area (Å²) in [4.78, 5) is 1.76. The number of rotatable bonds is 1. The summed E-state index contributed by atoms with van der Waals surface area (Å²) in [6.45, 7) is 2.92. The van der Waals surface area contributed by atoms with E-state index in [-0.39, 0.29) is 24.4 Å². The highest BCUT2D eigenvalue weighted by Gasteiger charge is 2.77. The Morgan fingerprint density at radius 2 is 2.00 bits per heavy atom. The van der Waals surface area contributed by atoms with E-state index in [1.807, 2.05) is 13.8 Å². The molecule has 1 spiro atoms. The number of fused-ring (bicyclic) bond motifs is 1. The zero-order valence-electron chi connectivity index (χ0n) is 11.3. The fourth-order valence-corrected chi connectivity index (χ4v) is 3.59. The molecule has 1 aliphatic carbocycles. The Morgan fingerprint density at radius 3 is 2.47 bits per heavy atom. The molecule has 2 heterocycles. The molecule has 15 heavy (non-hydrogen) atoms. The van der Waals surface area contributed by atoms with Crippen LogP contribution < -0.4 is 0 Å². The van der Waals surface area contributed by atoms with Gasteiger partial charge in [0.2, 0.25) is 0 Å². The molecule has 2 unspecified atom stereocenters. The maximum absolute atomic E-state index is 13.5. The second kappa shape index (κ2) is 2.55. The van der Waals surface area contributed by atoms with Crippen molar-refractivity contribution in [3.63, 3.8) is 0 Å². The van der Waals surface area contributed by atoms with E-state index in [0.717, 1.165) is 6.42 Å². The van der Waals surface area contributed by atoms with Crippen LogP contribution in [0.3, 0.4) is 0 Å². The highest BCUT2D eigenvalue weighted by molar-refractivity contribution is 5.22. The SMILES string of the molecule is [2H]C1([2H])CCC2(C(C)C)CC3(CN12)CC3(F)F. The molecule has 0 aromatic rings. The standard InChI is InChI=1S/C12H19F2N/c1-9(2)11-4-3-5-15(11)8-10(6-11)7-12(10,13)14/h9H,3-8H2,1-2H3/i5D2. The van der Waals surface area contributed by atoms with Crippen LogP contribution >= 0.6 is 0 Å². The van der Waals surface area contributed by atoms with E-state index in [1.54, 1.807) is 4.90 Å². The van der Waals surface area contributed by atoms with Gasteiger partial charge in [-0.25, -0.2) is 8.78 Å². The van der Waals surface area contributed by atoms with E-state index in [9.17, 15) is 8.78 Å². The average Bonchev–Trinajstić information content (AvgIpc) is 2.52. The lowest BCUT2D eigenvalue weighted by molar-refractivity contribution is 0.0651. The summed E-state index contributed by atoms with van der Waals surface area (Å²) in [5.41, 5.74) is -1.24. The van der Waals surface area contributed by atoms with Gasteiger partial charge in [0, 0.05) is 21.2 Å². The van der Waals surface area contributed by atoms with E-state index < -0.39 is 17.8 Å². The minimum absolute atomic E-state index is 0.0406. The van der Waals surface area contributed by atoms with Gasteiger partial charge in [-0.3, -0.25) is 4.90 Å². The molecule has 1 saturated carbocycles. The van der Waals surface area contributed by atoms with Crippen molar-refractivity contribution in [1.29, 1.82) is 0 Å². The molecule has 2 aliphatic heterocycles. The van der Waals surface area contributed by atoms with Crippen LogP contribution in [0.25, 0.3) is 0 Å². The molecule has 3 aliphatic rings. The van der Waals surface area contributed by atoms with Gasteiger partial charge < -0.3 is 0 Å². The Balaban J connectivity index is 1.97. The zero-order chi connectivity index (χ0) is 12.7. The third-order valence-electron chi connectivity index (χ3n) is 4.79. The smallest absolute Gasteiger partial charge is 0.255 e. The van der Waals surface area contributed by atoms with Gasteiger partial charge in [-0.1, -0.05) is 13.8 Å². The van der Waals surface area contributed by atoms with Gasteiger partial charge >= 0.3 is 0 Å². The van der Waals surface area contributed by atoms with Gasteiger partial charge in [-0.15, -0.1) is 0 Å². The van der Waals surface area contributed by atoms with E-state index >= 15 is 0 Å². The summed E-state index contributed by atoms with van der Waals surface area (Å²) in [6.07, 6.45) is 1.63. The Kier molecular flexibility index (Phi) is 1.36. The molecule has 0 bridgehead atoms. The number of nitrogens with zero attached hydrogens (tertiary/aromatic N) is 1. The van der Waals surface area contributed by atoms with E-state index in [4.69, 9.17) is 2.74 Å². The van der Waals surface area contributed by atoms with Crippen LogP contribution in [0, 0.1) is 11.3 Å². The minimum atomic E-state index is -2.56. The molecule has 0 aromatic carbocycles. The summed E-state index contributed by atoms with van der Waals surface area (Å²) in [5, 5.41) is 0. The molecular formula is C12H19F2N.